The van der Waals surface area contributed by atoms with Gasteiger partial charge in [-0.15, -0.1) is 0 Å². The van der Waals surface area contributed by atoms with Crippen molar-refractivity contribution in [3.05, 3.63) is 75.4 Å². The SMILES string of the molecule is O=C(Nc1c2c(nn1-c1ccccc1)CSC2)c1cc(Cl)ccc1Cl. The predicted octanol–water partition coefficient (Wildman–Crippen LogP) is 5.18. The molecule has 4 nitrogen and oxygen atoms in total. The highest BCUT2D eigenvalue weighted by Gasteiger charge is 2.25. The molecule has 0 atom stereocenters. The van der Waals surface area contributed by atoms with Crippen molar-refractivity contribution in [1.29, 1.82) is 0 Å². The van der Waals surface area contributed by atoms with Gasteiger partial charge in [0.2, 0.25) is 0 Å². The Hall–Kier alpha value is -1.95. The van der Waals surface area contributed by atoms with Crippen LogP contribution in [-0.2, 0) is 11.5 Å². The summed E-state index contributed by atoms with van der Waals surface area (Å²) < 4.78 is 1.78. The lowest BCUT2D eigenvalue weighted by molar-refractivity contribution is 0.102. The van der Waals surface area contributed by atoms with Crippen LogP contribution in [0, 0.1) is 0 Å². The second-order valence-corrected chi connectivity index (χ2v) is 7.42. The van der Waals surface area contributed by atoms with E-state index in [9.17, 15) is 4.79 Å². The average Bonchev–Trinajstić information content (AvgIpc) is 3.20. The van der Waals surface area contributed by atoms with E-state index in [1.165, 1.54) is 0 Å². The lowest BCUT2D eigenvalue weighted by atomic mass is 10.2. The average molecular weight is 390 g/mol. The zero-order valence-corrected chi connectivity index (χ0v) is 15.3. The van der Waals surface area contributed by atoms with Crippen LogP contribution in [0.15, 0.2) is 48.5 Å². The molecule has 1 aromatic heterocycles. The summed E-state index contributed by atoms with van der Waals surface area (Å²) in [6.07, 6.45) is 0. The molecule has 1 aliphatic heterocycles. The summed E-state index contributed by atoms with van der Waals surface area (Å²) >= 11 is 13.9. The summed E-state index contributed by atoms with van der Waals surface area (Å²) in [5.74, 6) is 2.05. The molecule has 4 rings (SSSR count). The first-order valence-electron chi connectivity index (χ1n) is 7.64. The number of para-hydroxylation sites is 1. The van der Waals surface area contributed by atoms with Crippen LogP contribution >= 0.6 is 35.0 Å². The number of aromatic nitrogens is 2. The van der Waals surface area contributed by atoms with Crippen molar-refractivity contribution in [2.75, 3.05) is 5.32 Å². The second kappa shape index (κ2) is 6.75. The van der Waals surface area contributed by atoms with Crippen molar-refractivity contribution in [3.63, 3.8) is 0 Å². The molecule has 3 aromatic rings. The number of carbonyl (C=O) groups excluding carboxylic acids is 1. The number of nitrogens with zero attached hydrogens (tertiary/aromatic N) is 2. The number of amides is 1. The highest BCUT2D eigenvalue weighted by Crippen LogP contribution is 2.36. The smallest absolute Gasteiger partial charge is 0.258 e. The molecule has 0 radical (unpaired) electrons. The minimum Gasteiger partial charge on any atom is -0.306 e. The number of rotatable bonds is 3. The molecule has 1 N–H and O–H groups in total. The molecule has 1 amide bonds. The van der Waals surface area contributed by atoms with E-state index >= 15 is 0 Å². The fourth-order valence-corrected chi connectivity index (χ4v) is 4.15. The number of fused-ring (bicyclic) bond motifs is 1. The van der Waals surface area contributed by atoms with Crippen LogP contribution in [0.25, 0.3) is 5.69 Å². The second-order valence-electron chi connectivity index (χ2n) is 5.59. The maximum absolute atomic E-state index is 12.8. The maximum atomic E-state index is 12.8. The highest BCUT2D eigenvalue weighted by atomic mass is 35.5. The quantitative estimate of drug-likeness (QED) is 0.671. The lowest BCUT2D eigenvalue weighted by Gasteiger charge is -2.12. The van der Waals surface area contributed by atoms with Gasteiger partial charge >= 0.3 is 0 Å². The molecule has 25 heavy (non-hydrogen) atoms. The van der Waals surface area contributed by atoms with E-state index in [2.05, 4.69) is 10.4 Å². The van der Waals surface area contributed by atoms with E-state index in [0.29, 0.717) is 21.4 Å². The Morgan fingerprint density at radius 1 is 1.12 bits per heavy atom. The van der Waals surface area contributed by atoms with E-state index in [1.807, 2.05) is 30.3 Å². The Balaban J connectivity index is 1.75. The Morgan fingerprint density at radius 3 is 2.72 bits per heavy atom. The first-order chi connectivity index (χ1) is 12.1. The minimum atomic E-state index is -0.302. The molecule has 0 fully saturated rings. The van der Waals surface area contributed by atoms with Gasteiger partial charge in [0.05, 0.1) is 22.0 Å². The van der Waals surface area contributed by atoms with E-state index in [-0.39, 0.29) is 5.91 Å². The van der Waals surface area contributed by atoms with E-state index in [0.717, 1.165) is 28.5 Å². The Labute approximate surface area is 159 Å². The van der Waals surface area contributed by atoms with Gasteiger partial charge in [0.1, 0.15) is 5.82 Å². The number of carbonyl (C=O) groups is 1. The van der Waals surface area contributed by atoms with Crippen LogP contribution in [0.1, 0.15) is 21.6 Å². The van der Waals surface area contributed by atoms with Crippen molar-refractivity contribution in [2.45, 2.75) is 11.5 Å². The molecular formula is C18H13Cl2N3OS. The number of thioether (sulfide) groups is 1. The fourth-order valence-electron chi connectivity index (χ4n) is 2.74. The largest absolute Gasteiger partial charge is 0.306 e. The van der Waals surface area contributed by atoms with E-state index < -0.39 is 0 Å². The molecule has 126 valence electrons. The van der Waals surface area contributed by atoms with E-state index in [1.54, 1.807) is 34.6 Å². The lowest BCUT2D eigenvalue weighted by Crippen LogP contribution is -2.16. The zero-order valence-electron chi connectivity index (χ0n) is 13.0. The number of benzene rings is 2. The molecule has 0 unspecified atom stereocenters. The fraction of sp³-hybridized carbons (Fsp3) is 0.111. The van der Waals surface area contributed by atoms with Crippen LogP contribution in [0.5, 0.6) is 0 Å². The Morgan fingerprint density at radius 2 is 1.92 bits per heavy atom. The number of anilines is 1. The monoisotopic (exact) mass is 389 g/mol. The molecule has 1 aliphatic rings. The Bertz CT molecular complexity index is 956. The third-order valence-corrected chi connectivity index (χ3v) is 5.49. The first kappa shape index (κ1) is 16.5. The first-order valence-corrected chi connectivity index (χ1v) is 9.55. The van der Waals surface area contributed by atoms with Crippen LogP contribution in [0.4, 0.5) is 5.82 Å². The molecule has 0 saturated heterocycles. The van der Waals surface area contributed by atoms with Crippen molar-refractivity contribution in [2.24, 2.45) is 0 Å². The Kier molecular flexibility index (Phi) is 4.46. The van der Waals surface area contributed by atoms with Gasteiger partial charge in [-0.25, -0.2) is 4.68 Å². The van der Waals surface area contributed by atoms with Crippen LogP contribution < -0.4 is 5.32 Å². The summed E-state index contributed by atoms with van der Waals surface area (Å²) in [5.41, 5.74) is 3.30. The molecule has 0 saturated carbocycles. The van der Waals surface area contributed by atoms with Crippen LogP contribution in [0.2, 0.25) is 10.0 Å². The molecular weight excluding hydrogens is 377 g/mol. The van der Waals surface area contributed by atoms with Gasteiger partial charge in [-0.1, -0.05) is 41.4 Å². The summed E-state index contributed by atoms with van der Waals surface area (Å²) in [5, 5.41) is 8.47. The number of halogens is 2. The number of nitrogens with one attached hydrogen (secondary N) is 1. The molecule has 2 aromatic carbocycles. The van der Waals surface area contributed by atoms with Crippen molar-refractivity contribution >= 4 is 46.7 Å². The zero-order chi connectivity index (χ0) is 17.4. The van der Waals surface area contributed by atoms with Gasteiger partial charge in [-0.3, -0.25) is 4.79 Å². The van der Waals surface area contributed by atoms with Gasteiger partial charge in [0.15, 0.2) is 0 Å². The summed E-state index contributed by atoms with van der Waals surface area (Å²) in [6, 6.07) is 14.6. The summed E-state index contributed by atoms with van der Waals surface area (Å²) in [4.78, 5) is 12.8. The topological polar surface area (TPSA) is 46.9 Å². The van der Waals surface area contributed by atoms with Gasteiger partial charge < -0.3 is 5.32 Å². The van der Waals surface area contributed by atoms with Crippen molar-refractivity contribution in [3.8, 4) is 5.69 Å². The normalized spacial score (nSPS) is 12.9. The molecule has 0 bridgehead atoms. The molecule has 7 heteroatoms. The van der Waals surface area contributed by atoms with Crippen molar-refractivity contribution < 1.29 is 4.79 Å². The predicted molar refractivity (Wildman–Crippen MR) is 103 cm³/mol. The summed E-state index contributed by atoms with van der Waals surface area (Å²) in [6.45, 7) is 0. The molecule has 0 aliphatic carbocycles. The van der Waals surface area contributed by atoms with Crippen LogP contribution in [0.3, 0.4) is 0 Å². The van der Waals surface area contributed by atoms with E-state index in [4.69, 9.17) is 23.2 Å². The number of hydrogen-bond donors (Lipinski definition) is 1. The third kappa shape index (κ3) is 3.15. The van der Waals surface area contributed by atoms with Crippen molar-refractivity contribution in [1.82, 2.24) is 9.78 Å². The standard InChI is InChI=1S/C18H13Cl2N3OS/c19-11-6-7-15(20)13(8-11)18(24)21-17-14-9-25-10-16(14)22-23(17)12-4-2-1-3-5-12/h1-8H,9-10H2,(H,21,24). The third-order valence-electron chi connectivity index (χ3n) is 3.96. The minimum absolute atomic E-state index is 0.302. The maximum Gasteiger partial charge on any atom is 0.258 e. The van der Waals surface area contributed by atoms with Gasteiger partial charge in [0.25, 0.3) is 5.91 Å². The highest BCUT2D eigenvalue weighted by molar-refractivity contribution is 7.98. The van der Waals surface area contributed by atoms with Gasteiger partial charge in [-0.05, 0) is 30.3 Å². The van der Waals surface area contributed by atoms with Crippen LogP contribution in [-0.4, -0.2) is 15.7 Å². The van der Waals surface area contributed by atoms with Gasteiger partial charge in [-0.2, -0.15) is 16.9 Å². The molecule has 0 spiro atoms. The van der Waals surface area contributed by atoms with Gasteiger partial charge in [0, 0.05) is 22.1 Å². The summed E-state index contributed by atoms with van der Waals surface area (Å²) in [7, 11) is 0. The number of hydrogen-bond acceptors (Lipinski definition) is 3. The molecule has 2 heterocycles.